The number of nitriles is 2. The molecule has 12 rings (SSSR count). The molecule has 0 saturated heterocycles. The SMILES string of the molecule is N#Cc1ccccc1-c1ccc2c(c1)c1cc(-c3ccccc3C#N)ccc1n2-c1c(-c2cc(-c3ccccc3)nc(-c3ccccc3)n2)cc(C(F)(F)F)cc1-c1cc(-c2ccccc2)nc(-c2ccccc2)n1. The Morgan fingerprint density at radius 1 is 0.347 bits per heavy atom. The molecule has 354 valence electrons. The molecule has 0 spiro atoms. The van der Waals surface area contributed by atoms with Crippen LogP contribution in [0, 0.1) is 22.7 Å². The lowest BCUT2D eigenvalue weighted by Crippen LogP contribution is -2.10. The van der Waals surface area contributed by atoms with Crippen molar-refractivity contribution >= 4 is 21.8 Å². The first-order chi connectivity index (χ1) is 36.7. The van der Waals surface area contributed by atoms with E-state index >= 15 is 13.2 Å². The van der Waals surface area contributed by atoms with E-state index in [9.17, 15) is 10.5 Å². The van der Waals surface area contributed by atoms with Crippen LogP contribution in [0.5, 0.6) is 0 Å². The van der Waals surface area contributed by atoms with Gasteiger partial charge in [-0.2, -0.15) is 23.7 Å². The van der Waals surface area contributed by atoms with Gasteiger partial charge in [-0.3, -0.25) is 0 Å². The zero-order chi connectivity index (χ0) is 51.0. The summed E-state index contributed by atoms with van der Waals surface area (Å²) in [5, 5.41) is 22.0. The van der Waals surface area contributed by atoms with Gasteiger partial charge in [0.25, 0.3) is 0 Å². The molecule has 12 aromatic rings. The van der Waals surface area contributed by atoms with E-state index in [2.05, 4.69) is 12.1 Å². The molecule has 75 heavy (non-hydrogen) atoms. The summed E-state index contributed by atoms with van der Waals surface area (Å²) >= 11 is 0. The minimum absolute atomic E-state index is 0.161. The molecule has 10 heteroatoms. The van der Waals surface area contributed by atoms with E-state index < -0.39 is 11.7 Å². The van der Waals surface area contributed by atoms with E-state index in [0.29, 0.717) is 62.0 Å². The fourth-order valence-corrected chi connectivity index (χ4v) is 9.81. The molecular weight excluding hydrogens is 936 g/mol. The van der Waals surface area contributed by atoms with Crippen LogP contribution in [-0.4, -0.2) is 24.5 Å². The van der Waals surface area contributed by atoms with Gasteiger partial charge in [-0.1, -0.05) is 170 Å². The average molecular weight is 974 g/mol. The van der Waals surface area contributed by atoms with Crippen LogP contribution in [-0.2, 0) is 6.18 Å². The van der Waals surface area contributed by atoms with Crippen molar-refractivity contribution < 1.29 is 13.2 Å². The Morgan fingerprint density at radius 3 is 1.09 bits per heavy atom. The van der Waals surface area contributed by atoms with Gasteiger partial charge in [0.05, 0.1) is 68.3 Å². The largest absolute Gasteiger partial charge is 0.416 e. The number of alkyl halides is 3. The highest BCUT2D eigenvalue weighted by molar-refractivity contribution is 6.13. The number of rotatable bonds is 9. The Balaban J connectivity index is 1.26. The zero-order valence-electron chi connectivity index (χ0n) is 39.7. The Labute approximate surface area is 429 Å². The van der Waals surface area contributed by atoms with Gasteiger partial charge in [-0.25, -0.2) is 19.9 Å². The van der Waals surface area contributed by atoms with Crippen LogP contribution in [0.1, 0.15) is 16.7 Å². The predicted molar refractivity (Wildman–Crippen MR) is 290 cm³/mol. The van der Waals surface area contributed by atoms with Gasteiger partial charge in [0.15, 0.2) is 11.6 Å². The lowest BCUT2D eigenvalue weighted by molar-refractivity contribution is -0.137. The standard InChI is InChI=1S/C65H38F3N7/c66-65(67,68)49-35-54(58-37-56(41-17-5-1-6-18-41)71-63(73-58)43-21-9-3-10-22-43)62(55(36-49)59-38-57(42-19-7-2-8-20-42)72-64(74-59)44-23-11-4-12-24-44)75-60-31-29-45(50-27-15-13-25-47(50)39-69)33-52(60)53-34-46(30-32-61(53)75)51-28-16-14-26-48(51)40-70/h1-38H. The van der Waals surface area contributed by atoms with Crippen molar-refractivity contribution in [1.82, 2.24) is 24.5 Å². The zero-order valence-corrected chi connectivity index (χ0v) is 39.7. The maximum atomic E-state index is 16.0. The second kappa shape index (κ2) is 19.0. The van der Waals surface area contributed by atoms with Crippen LogP contribution < -0.4 is 0 Å². The van der Waals surface area contributed by atoms with Gasteiger partial charge in [0.2, 0.25) is 0 Å². The number of nitrogens with zero attached hydrogens (tertiary/aromatic N) is 7. The van der Waals surface area contributed by atoms with Crippen LogP contribution in [0.4, 0.5) is 13.2 Å². The maximum Gasteiger partial charge on any atom is 0.416 e. The summed E-state index contributed by atoms with van der Waals surface area (Å²) < 4.78 is 49.9. The van der Waals surface area contributed by atoms with Crippen molar-refractivity contribution in [2.75, 3.05) is 0 Å². The number of benzene rings is 9. The first-order valence-corrected chi connectivity index (χ1v) is 24.1. The second-order valence-electron chi connectivity index (χ2n) is 17.9. The molecule has 0 aliphatic heterocycles. The van der Waals surface area contributed by atoms with E-state index in [1.807, 2.05) is 199 Å². The molecule has 9 aromatic carbocycles. The molecule has 3 heterocycles. The van der Waals surface area contributed by atoms with Crippen molar-refractivity contribution in [1.29, 1.82) is 10.5 Å². The van der Waals surface area contributed by atoms with E-state index in [4.69, 9.17) is 19.9 Å². The number of hydrogen-bond donors (Lipinski definition) is 0. The summed E-state index contributed by atoms with van der Waals surface area (Å²) in [6.07, 6.45) is -4.83. The molecule has 0 radical (unpaired) electrons. The van der Waals surface area contributed by atoms with Crippen LogP contribution in [0.2, 0.25) is 0 Å². The minimum atomic E-state index is -4.83. The Morgan fingerprint density at radius 2 is 0.707 bits per heavy atom. The van der Waals surface area contributed by atoms with Crippen LogP contribution in [0.15, 0.2) is 231 Å². The smallest absolute Gasteiger partial charge is 0.308 e. The van der Waals surface area contributed by atoms with Gasteiger partial charge in [-0.15, -0.1) is 0 Å². The summed E-state index contributed by atoms with van der Waals surface area (Å²) in [5.41, 5.74) is 9.34. The van der Waals surface area contributed by atoms with E-state index in [1.165, 1.54) is 12.1 Å². The van der Waals surface area contributed by atoms with Crippen molar-refractivity contribution in [3.8, 4) is 108 Å². The predicted octanol–water partition coefficient (Wildman–Crippen LogP) is 16.5. The third-order valence-electron chi connectivity index (χ3n) is 13.4. The molecule has 0 unspecified atom stereocenters. The highest BCUT2D eigenvalue weighted by Gasteiger charge is 2.35. The molecule has 0 aliphatic rings. The van der Waals surface area contributed by atoms with Crippen molar-refractivity contribution in [2.24, 2.45) is 0 Å². The van der Waals surface area contributed by atoms with Crippen molar-refractivity contribution in [3.63, 3.8) is 0 Å². The number of hydrogen-bond acceptors (Lipinski definition) is 6. The molecule has 7 nitrogen and oxygen atoms in total. The molecule has 0 bridgehead atoms. The van der Waals surface area contributed by atoms with Gasteiger partial charge in [0.1, 0.15) is 0 Å². The molecule has 0 aliphatic carbocycles. The monoisotopic (exact) mass is 973 g/mol. The second-order valence-corrected chi connectivity index (χ2v) is 17.9. The normalized spacial score (nSPS) is 11.4. The lowest BCUT2D eigenvalue weighted by Gasteiger charge is -2.22. The quantitative estimate of drug-likeness (QED) is 0.143. The van der Waals surface area contributed by atoms with E-state index in [0.717, 1.165) is 44.2 Å². The molecule has 0 fully saturated rings. The van der Waals surface area contributed by atoms with Gasteiger partial charge in [0, 0.05) is 44.2 Å². The highest BCUT2D eigenvalue weighted by atomic mass is 19.4. The molecule has 0 N–H and O–H groups in total. The van der Waals surface area contributed by atoms with Crippen LogP contribution >= 0.6 is 0 Å². The summed E-state index contributed by atoms with van der Waals surface area (Å²) in [5.74, 6) is 0.640. The summed E-state index contributed by atoms with van der Waals surface area (Å²) in [4.78, 5) is 20.4. The van der Waals surface area contributed by atoms with Crippen LogP contribution in [0.3, 0.4) is 0 Å². The van der Waals surface area contributed by atoms with Crippen molar-refractivity contribution in [3.05, 3.63) is 247 Å². The molecular formula is C65H38F3N7. The number of halogens is 3. The molecule has 0 saturated carbocycles. The van der Waals surface area contributed by atoms with Crippen LogP contribution in [0.25, 0.3) is 118 Å². The Bertz CT molecular complexity index is 3860. The Hall–Kier alpha value is -10.3. The van der Waals surface area contributed by atoms with Gasteiger partial charge in [-0.05, 0) is 82.9 Å². The minimum Gasteiger partial charge on any atom is -0.308 e. The third kappa shape index (κ3) is 8.63. The third-order valence-corrected chi connectivity index (χ3v) is 13.4. The van der Waals surface area contributed by atoms with E-state index in [-0.39, 0.29) is 22.5 Å². The highest BCUT2D eigenvalue weighted by Crippen LogP contribution is 2.47. The number of aromatic nitrogens is 5. The molecule has 0 atom stereocenters. The Kier molecular flexibility index (Phi) is 11.6. The maximum absolute atomic E-state index is 16.0. The topological polar surface area (TPSA) is 104 Å². The fourth-order valence-electron chi connectivity index (χ4n) is 9.81. The number of fused-ring (bicyclic) bond motifs is 3. The lowest BCUT2D eigenvalue weighted by atomic mass is 9.95. The summed E-state index contributed by atoms with van der Waals surface area (Å²) in [6.45, 7) is 0. The van der Waals surface area contributed by atoms with Gasteiger partial charge >= 0.3 is 6.18 Å². The summed E-state index contributed by atoms with van der Waals surface area (Å²) in [7, 11) is 0. The molecule has 0 amide bonds. The van der Waals surface area contributed by atoms with Crippen molar-refractivity contribution in [2.45, 2.75) is 6.18 Å². The average Bonchev–Trinajstić information content (AvgIpc) is 3.89. The summed E-state index contributed by atoms with van der Waals surface area (Å²) in [6, 6.07) is 74.8. The fraction of sp³-hybridized carbons (Fsp3) is 0.0154. The first kappa shape index (κ1) is 45.8. The first-order valence-electron chi connectivity index (χ1n) is 24.1. The van der Waals surface area contributed by atoms with Gasteiger partial charge < -0.3 is 4.57 Å². The molecule has 3 aromatic heterocycles. The van der Waals surface area contributed by atoms with E-state index in [1.54, 1.807) is 24.3 Å².